The highest BCUT2D eigenvalue weighted by molar-refractivity contribution is 9.10. The van der Waals surface area contributed by atoms with Gasteiger partial charge in [-0.2, -0.15) is 0 Å². The molecule has 2 rings (SSSR count). The molecule has 1 aliphatic rings. The second kappa shape index (κ2) is 6.53. The summed E-state index contributed by atoms with van der Waals surface area (Å²) in [6, 6.07) is 6.04. The first-order valence-electron chi connectivity index (χ1n) is 6.50. The number of hydrogen-bond donors (Lipinski definition) is 2. The Morgan fingerprint density at radius 2 is 2.06 bits per heavy atom. The van der Waals surface area contributed by atoms with E-state index in [1.54, 1.807) is 0 Å². The van der Waals surface area contributed by atoms with Crippen LogP contribution in [-0.2, 0) is 0 Å². The van der Waals surface area contributed by atoms with Gasteiger partial charge in [-0.25, -0.2) is 0 Å². The van der Waals surface area contributed by atoms with Gasteiger partial charge in [-0.05, 0) is 37.0 Å². The molecule has 4 heteroatoms. The summed E-state index contributed by atoms with van der Waals surface area (Å²) in [5, 5.41) is 3.50. The summed E-state index contributed by atoms with van der Waals surface area (Å²) >= 11 is 8.55. The number of thiocarbonyl (C=S) groups is 1. The average molecular weight is 327 g/mol. The third-order valence-corrected chi connectivity index (χ3v) is 4.27. The molecule has 0 heterocycles. The van der Waals surface area contributed by atoms with Crippen LogP contribution < -0.4 is 11.1 Å². The van der Waals surface area contributed by atoms with Crippen molar-refractivity contribution in [3.63, 3.8) is 0 Å². The zero-order chi connectivity index (χ0) is 13.0. The monoisotopic (exact) mass is 326 g/mol. The Kier molecular flexibility index (Phi) is 5.01. The van der Waals surface area contributed by atoms with Crippen LogP contribution in [0.25, 0.3) is 0 Å². The molecule has 3 N–H and O–H groups in total. The molecule has 0 aromatic heterocycles. The molecule has 0 unspecified atom stereocenters. The second-order valence-electron chi connectivity index (χ2n) is 4.94. The predicted octanol–water partition coefficient (Wildman–Crippen LogP) is 4.08. The summed E-state index contributed by atoms with van der Waals surface area (Å²) in [5.41, 5.74) is 7.74. The van der Waals surface area contributed by atoms with E-state index in [-0.39, 0.29) is 0 Å². The summed E-state index contributed by atoms with van der Waals surface area (Å²) in [6.45, 7) is 1.03. The van der Waals surface area contributed by atoms with Crippen molar-refractivity contribution in [2.24, 2.45) is 11.7 Å². The van der Waals surface area contributed by atoms with Gasteiger partial charge in [-0.15, -0.1) is 0 Å². The van der Waals surface area contributed by atoms with Crippen LogP contribution >= 0.6 is 28.1 Å². The van der Waals surface area contributed by atoms with E-state index in [4.69, 9.17) is 18.0 Å². The van der Waals surface area contributed by atoms with Crippen molar-refractivity contribution < 1.29 is 0 Å². The molecule has 0 bridgehead atoms. The molecule has 0 saturated heterocycles. The first kappa shape index (κ1) is 13.8. The molecule has 1 aromatic rings. The molecular formula is C14H19BrN2S. The normalized spacial score (nSPS) is 16.5. The highest BCUT2D eigenvalue weighted by Gasteiger charge is 2.14. The van der Waals surface area contributed by atoms with Gasteiger partial charge in [0.1, 0.15) is 4.99 Å². The maximum absolute atomic E-state index is 5.76. The highest BCUT2D eigenvalue weighted by atomic mass is 79.9. The van der Waals surface area contributed by atoms with Crippen molar-refractivity contribution in [1.29, 1.82) is 0 Å². The maximum Gasteiger partial charge on any atom is 0.106 e. The highest BCUT2D eigenvalue weighted by Crippen LogP contribution is 2.26. The predicted molar refractivity (Wildman–Crippen MR) is 85.1 cm³/mol. The van der Waals surface area contributed by atoms with Gasteiger partial charge in [0, 0.05) is 22.3 Å². The number of nitrogens with one attached hydrogen (secondary N) is 1. The van der Waals surface area contributed by atoms with E-state index in [0.29, 0.717) is 4.99 Å². The van der Waals surface area contributed by atoms with Crippen molar-refractivity contribution in [2.45, 2.75) is 32.1 Å². The van der Waals surface area contributed by atoms with Gasteiger partial charge in [0.2, 0.25) is 0 Å². The zero-order valence-electron chi connectivity index (χ0n) is 10.4. The fraction of sp³-hybridized carbons (Fsp3) is 0.500. The molecule has 1 aliphatic carbocycles. The number of rotatable bonds is 4. The van der Waals surface area contributed by atoms with Crippen LogP contribution in [0.3, 0.4) is 0 Å². The van der Waals surface area contributed by atoms with Gasteiger partial charge in [0.05, 0.1) is 0 Å². The molecule has 98 valence electrons. The van der Waals surface area contributed by atoms with Crippen molar-refractivity contribution >= 4 is 38.8 Å². The smallest absolute Gasteiger partial charge is 0.106 e. The van der Waals surface area contributed by atoms with Crippen LogP contribution in [0.4, 0.5) is 5.69 Å². The summed E-state index contributed by atoms with van der Waals surface area (Å²) in [4.78, 5) is 0.447. The molecule has 0 atom stereocenters. The number of halogens is 1. The van der Waals surface area contributed by atoms with Gasteiger partial charge in [-0.1, -0.05) is 47.4 Å². The molecule has 1 saturated carbocycles. The van der Waals surface area contributed by atoms with Crippen molar-refractivity contribution in [3.05, 3.63) is 28.2 Å². The second-order valence-corrected chi connectivity index (χ2v) is 6.29. The van der Waals surface area contributed by atoms with Crippen LogP contribution in [-0.4, -0.2) is 11.5 Å². The minimum atomic E-state index is 0.447. The van der Waals surface area contributed by atoms with Crippen molar-refractivity contribution in [3.8, 4) is 0 Å². The Bertz CT molecular complexity index is 428. The first-order valence-corrected chi connectivity index (χ1v) is 7.70. The van der Waals surface area contributed by atoms with Gasteiger partial charge in [0.25, 0.3) is 0 Å². The molecule has 0 amide bonds. The Morgan fingerprint density at radius 3 is 2.72 bits per heavy atom. The lowest BCUT2D eigenvalue weighted by Crippen LogP contribution is -2.19. The van der Waals surface area contributed by atoms with Crippen molar-refractivity contribution in [1.82, 2.24) is 0 Å². The van der Waals surface area contributed by atoms with Gasteiger partial charge in [-0.3, -0.25) is 0 Å². The molecule has 0 aliphatic heterocycles. The lowest BCUT2D eigenvalue weighted by molar-refractivity contribution is 0.373. The fourth-order valence-electron chi connectivity index (χ4n) is 2.52. The van der Waals surface area contributed by atoms with E-state index < -0.39 is 0 Å². The molecule has 1 fully saturated rings. The minimum absolute atomic E-state index is 0.447. The van der Waals surface area contributed by atoms with E-state index >= 15 is 0 Å². The summed E-state index contributed by atoms with van der Waals surface area (Å²) in [7, 11) is 0. The first-order chi connectivity index (χ1) is 8.66. The molecule has 1 aromatic carbocycles. The molecule has 0 spiro atoms. The third kappa shape index (κ3) is 3.69. The Labute approximate surface area is 122 Å². The van der Waals surface area contributed by atoms with Crippen LogP contribution in [0, 0.1) is 5.92 Å². The largest absolute Gasteiger partial charge is 0.389 e. The van der Waals surface area contributed by atoms with Crippen LogP contribution in [0.5, 0.6) is 0 Å². The topological polar surface area (TPSA) is 38.0 Å². The minimum Gasteiger partial charge on any atom is -0.389 e. The third-order valence-electron chi connectivity index (χ3n) is 3.55. The SMILES string of the molecule is NC(=S)c1cc(Br)ccc1NCC1CCCCC1. The maximum atomic E-state index is 5.76. The van der Waals surface area contributed by atoms with E-state index in [9.17, 15) is 0 Å². The van der Waals surface area contributed by atoms with Gasteiger partial charge < -0.3 is 11.1 Å². The Morgan fingerprint density at radius 1 is 1.33 bits per heavy atom. The van der Waals surface area contributed by atoms with E-state index in [0.717, 1.165) is 28.2 Å². The molecule has 18 heavy (non-hydrogen) atoms. The standard InChI is InChI=1S/C14H19BrN2S/c15-11-6-7-13(12(8-11)14(16)18)17-9-10-4-2-1-3-5-10/h6-8,10,17H,1-5,9H2,(H2,16,18). The molecular weight excluding hydrogens is 308 g/mol. The number of anilines is 1. The summed E-state index contributed by atoms with van der Waals surface area (Å²) in [5.74, 6) is 0.793. The average Bonchev–Trinajstić information content (AvgIpc) is 2.38. The van der Waals surface area contributed by atoms with E-state index in [2.05, 4.69) is 21.2 Å². The number of nitrogens with two attached hydrogens (primary N) is 1. The van der Waals surface area contributed by atoms with Gasteiger partial charge in [0.15, 0.2) is 0 Å². The summed E-state index contributed by atoms with van der Waals surface area (Å²) in [6.07, 6.45) is 6.81. The van der Waals surface area contributed by atoms with Crippen LogP contribution in [0.2, 0.25) is 0 Å². The number of benzene rings is 1. The number of hydrogen-bond acceptors (Lipinski definition) is 2. The van der Waals surface area contributed by atoms with Crippen molar-refractivity contribution in [2.75, 3.05) is 11.9 Å². The lowest BCUT2D eigenvalue weighted by atomic mass is 9.89. The molecule has 0 radical (unpaired) electrons. The fourth-order valence-corrected chi connectivity index (χ4v) is 3.05. The van der Waals surface area contributed by atoms with E-state index in [1.807, 2.05) is 18.2 Å². The van der Waals surface area contributed by atoms with Gasteiger partial charge >= 0.3 is 0 Å². The Hall–Kier alpha value is -0.610. The lowest BCUT2D eigenvalue weighted by Gasteiger charge is -2.23. The van der Waals surface area contributed by atoms with E-state index in [1.165, 1.54) is 32.1 Å². The van der Waals surface area contributed by atoms with Crippen LogP contribution in [0.1, 0.15) is 37.7 Å². The van der Waals surface area contributed by atoms with Crippen LogP contribution in [0.15, 0.2) is 22.7 Å². The Balaban J connectivity index is 2.01. The molecule has 2 nitrogen and oxygen atoms in total. The zero-order valence-corrected chi connectivity index (χ0v) is 12.8. The quantitative estimate of drug-likeness (QED) is 0.819. The summed E-state index contributed by atoms with van der Waals surface area (Å²) < 4.78 is 1.01.